The van der Waals surface area contributed by atoms with Gasteiger partial charge < -0.3 is 4.74 Å². The fourth-order valence-electron chi connectivity index (χ4n) is 2.17. The molecule has 1 heterocycles. The molecule has 0 radical (unpaired) electrons. The highest BCUT2D eigenvalue weighted by Crippen LogP contribution is 2.26. The van der Waals surface area contributed by atoms with Crippen molar-refractivity contribution >= 4 is 32.6 Å². The van der Waals surface area contributed by atoms with E-state index < -0.39 is 6.10 Å². The van der Waals surface area contributed by atoms with Gasteiger partial charge in [0, 0.05) is 0 Å². The van der Waals surface area contributed by atoms with Crippen molar-refractivity contribution in [3.63, 3.8) is 0 Å². The SMILES string of the molecule is Cc1ccc(O[C@@H](C)C(=O)Nc2nc3ccc(C)cc3s2)cc1. The van der Waals surface area contributed by atoms with Crippen LogP contribution in [-0.4, -0.2) is 17.0 Å². The van der Waals surface area contributed by atoms with Gasteiger partial charge in [0.05, 0.1) is 10.2 Å². The van der Waals surface area contributed by atoms with E-state index in [0.29, 0.717) is 10.9 Å². The van der Waals surface area contributed by atoms with Crippen LogP contribution in [0.4, 0.5) is 5.13 Å². The number of hydrogen-bond acceptors (Lipinski definition) is 4. The minimum absolute atomic E-state index is 0.207. The number of ether oxygens (including phenoxy) is 1. The van der Waals surface area contributed by atoms with Crippen LogP contribution in [0.5, 0.6) is 5.75 Å². The Labute approximate surface area is 139 Å². The number of nitrogens with zero attached hydrogens (tertiary/aromatic N) is 1. The van der Waals surface area contributed by atoms with Crippen molar-refractivity contribution in [2.75, 3.05) is 5.32 Å². The number of amides is 1. The molecule has 0 fully saturated rings. The van der Waals surface area contributed by atoms with E-state index in [2.05, 4.69) is 16.4 Å². The Kier molecular flexibility index (Phi) is 4.30. The molecule has 3 rings (SSSR count). The van der Waals surface area contributed by atoms with Crippen molar-refractivity contribution in [2.24, 2.45) is 0 Å². The molecule has 1 aromatic heterocycles. The predicted octanol–water partition coefficient (Wildman–Crippen LogP) is 4.32. The smallest absolute Gasteiger partial charge is 0.266 e. The van der Waals surface area contributed by atoms with Gasteiger partial charge in [-0.25, -0.2) is 4.98 Å². The number of nitrogens with one attached hydrogen (secondary N) is 1. The fourth-order valence-corrected chi connectivity index (χ4v) is 3.13. The van der Waals surface area contributed by atoms with E-state index in [1.54, 1.807) is 6.92 Å². The first-order valence-corrected chi connectivity index (χ1v) is 8.24. The van der Waals surface area contributed by atoms with Crippen molar-refractivity contribution in [1.82, 2.24) is 4.98 Å². The highest BCUT2D eigenvalue weighted by atomic mass is 32.1. The second kappa shape index (κ2) is 6.38. The number of aryl methyl sites for hydroxylation is 2. The van der Waals surface area contributed by atoms with Crippen LogP contribution < -0.4 is 10.1 Å². The van der Waals surface area contributed by atoms with Gasteiger partial charge in [0.15, 0.2) is 11.2 Å². The third kappa shape index (κ3) is 3.68. The van der Waals surface area contributed by atoms with Crippen LogP contribution >= 0.6 is 11.3 Å². The van der Waals surface area contributed by atoms with E-state index >= 15 is 0 Å². The largest absolute Gasteiger partial charge is 0.481 e. The highest BCUT2D eigenvalue weighted by Gasteiger charge is 2.16. The lowest BCUT2D eigenvalue weighted by atomic mass is 10.2. The quantitative estimate of drug-likeness (QED) is 0.777. The predicted molar refractivity (Wildman–Crippen MR) is 94.3 cm³/mol. The molecule has 0 aliphatic rings. The number of thiazole rings is 1. The Morgan fingerprint density at radius 1 is 1.13 bits per heavy atom. The first-order chi connectivity index (χ1) is 11.0. The summed E-state index contributed by atoms with van der Waals surface area (Å²) in [6.07, 6.45) is -0.591. The minimum Gasteiger partial charge on any atom is -0.481 e. The molecule has 0 spiro atoms. The second-order valence-corrected chi connectivity index (χ2v) is 6.58. The summed E-state index contributed by atoms with van der Waals surface area (Å²) in [7, 11) is 0. The topological polar surface area (TPSA) is 51.2 Å². The lowest BCUT2D eigenvalue weighted by molar-refractivity contribution is -0.122. The number of benzene rings is 2. The van der Waals surface area contributed by atoms with Crippen molar-refractivity contribution in [3.05, 3.63) is 53.6 Å². The summed E-state index contributed by atoms with van der Waals surface area (Å²) in [6, 6.07) is 13.7. The van der Waals surface area contributed by atoms with E-state index in [1.165, 1.54) is 16.9 Å². The van der Waals surface area contributed by atoms with Crippen LogP contribution in [0, 0.1) is 13.8 Å². The summed E-state index contributed by atoms with van der Waals surface area (Å²) in [5, 5.41) is 3.42. The van der Waals surface area contributed by atoms with E-state index in [1.807, 2.05) is 50.2 Å². The third-order valence-electron chi connectivity index (χ3n) is 3.48. The maximum atomic E-state index is 12.3. The van der Waals surface area contributed by atoms with Crippen molar-refractivity contribution in [2.45, 2.75) is 26.9 Å². The maximum Gasteiger partial charge on any atom is 0.266 e. The molecule has 0 aliphatic heterocycles. The van der Waals surface area contributed by atoms with Crippen LogP contribution in [0.3, 0.4) is 0 Å². The molecule has 0 saturated carbocycles. The van der Waals surface area contributed by atoms with Gasteiger partial charge >= 0.3 is 0 Å². The molecular weight excluding hydrogens is 308 g/mol. The monoisotopic (exact) mass is 326 g/mol. The van der Waals surface area contributed by atoms with Crippen LogP contribution in [0.25, 0.3) is 10.2 Å². The van der Waals surface area contributed by atoms with Gasteiger partial charge in [-0.1, -0.05) is 35.1 Å². The van der Waals surface area contributed by atoms with Gasteiger partial charge in [-0.2, -0.15) is 0 Å². The minimum atomic E-state index is -0.591. The van der Waals surface area contributed by atoms with Crippen LogP contribution in [-0.2, 0) is 4.79 Å². The summed E-state index contributed by atoms with van der Waals surface area (Å²) < 4.78 is 6.72. The van der Waals surface area contributed by atoms with E-state index in [0.717, 1.165) is 15.8 Å². The van der Waals surface area contributed by atoms with Crippen molar-refractivity contribution in [1.29, 1.82) is 0 Å². The Hall–Kier alpha value is -2.40. The summed E-state index contributed by atoms with van der Waals surface area (Å²) in [5.41, 5.74) is 3.22. The number of hydrogen-bond donors (Lipinski definition) is 1. The standard InChI is InChI=1S/C18H18N2O2S/c1-11-4-7-14(8-5-11)22-13(3)17(21)20-18-19-15-9-6-12(2)10-16(15)23-18/h4-10,13H,1-3H3,(H,19,20,21)/t13-/m0/s1. The number of carbonyl (C=O) groups excluding carboxylic acids is 1. The van der Waals surface area contributed by atoms with Gasteiger partial charge in [0.25, 0.3) is 5.91 Å². The molecule has 5 heteroatoms. The molecule has 1 atom stereocenters. The molecule has 3 aromatic rings. The summed E-state index contributed by atoms with van der Waals surface area (Å²) >= 11 is 1.47. The van der Waals surface area contributed by atoms with Crippen molar-refractivity contribution in [3.8, 4) is 5.75 Å². The summed E-state index contributed by atoms with van der Waals surface area (Å²) in [6.45, 7) is 5.77. The zero-order valence-corrected chi connectivity index (χ0v) is 14.1. The summed E-state index contributed by atoms with van der Waals surface area (Å²) in [5.74, 6) is 0.472. The summed E-state index contributed by atoms with van der Waals surface area (Å²) in [4.78, 5) is 16.7. The molecule has 0 aliphatic carbocycles. The molecule has 4 nitrogen and oxygen atoms in total. The lowest BCUT2D eigenvalue weighted by Crippen LogP contribution is -2.30. The Bertz CT molecular complexity index is 840. The molecule has 118 valence electrons. The van der Waals surface area contributed by atoms with Gasteiger partial charge in [0.2, 0.25) is 0 Å². The average Bonchev–Trinajstić information content (AvgIpc) is 2.90. The average molecular weight is 326 g/mol. The number of carbonyl (C=O) groups is 1. The van der Waals surface area contributed by atoms with Gasteiger partial charge in [0.1, 0.15) is 5.75 Å². The van der Waals surface area contributed by atoms with Crippen LogP contribution in [0.2, 0.25) is 0 Å². The van der Waals surface area contributed by atoms with E-state index in [4.69, 9.17) is 4.74 Å². The molecule has 0 unspecified atom stereocenters. The molecule has 1 N–H and O–H groups in total. The molecule has 23 heavy (non-hydrogen) atoms. The Morgan fingerprint density at radius 2 is 1.83 bits per heavy atom. The normalized spacial score (nSPS) is 12.1. The Morgan fingerprint density at radius 3 is 2.57 bits per heavy atom. The molecule has 0 bridgehead atoms. The first-order valence-electron chi connectivity index (χ1n) is 7.42. The van der Waals surface area contributed by atoms with E-state index in [9.17, 15) is 4.79 Å². The maximum absolute atomic E-state index is 12.3. The second-order valence-electron chi connectivity index (χ2n) is 5.55. The van der Waals surface area contributed by atoms with Gasteiger partial charge in [-0.3, -0.25) is 10.1 Å². The molecule has 1 amide bonds. The van der Waals surface area contributed by atoms with Gasteiger partial charge in [-0.15, -0.1) is 0 Å². The zero-order valence-electron chi connectivity index (χ0n) is 13.3. The first kappa shape index (κ1) is 15.5. The number of anilines is 1. The number of fused-ring (bicyclic) bond motifs is 1. The van der Waals surface area contributed by atoms with Crippen molar-refractivity contribution < 1.29 is 9.53 Å². The zero-order chi connectivity index (χ0) is 16.4. The number of rotatable bonds is 4. The molecule has 2 aromatic carbocycles. The van der Waals surface area contributed by atoms with Crippen LogP contribution in [0.15, 0.2) is 42.5 Å². The molecule has 0 saturated heterocycles. The molecular formula is C18H18N2O2S. The fraction of sp³-hybridized carbons (Fsp3) is 0.222. The number of aromatic nitrogens is 1. The lowest BCUT2D eigenvalue weighted by Gasteiger charge is -2.13. The van der Waals surface area contributed by atoms with E-state index in [-0.39, 0.29) is 5.91 Å². The van der Waals surface area contributed by atoms with Crippen LogP contribution in [0.1, 0.15) is 18.1 Å². The van der Waals surface area contributed by atoms with Gasteiger partial charge in [-0.05, 0) is 50.6 Å². The Balaban J connectivity index is 1.68. The third-order valence-corrected chi connectivity index (χ3v) is 4.41. The highest BCUT2D eigenvalue weighted by molar-refractivity contribution is 7.22.